The van der Waals surface area contributed by atoms with E-state index in [2.05, 4.69) is 5.32 Å². The molecule has 0 saturated heterocycles. The summed E-state index contributed by atoms with van der Waals surface area (Å²) in [4.78, 5) is 22.9. The summed E-state index contributed by atoms with van der Waals surface area (Å²) in [6.45, 7) is 0.366. The van der Waals surface area contributed by atoms with Crippen LogP contribution in [-0.2, 0) is 4.79 Å². The second kappa shape index (κ2) is 5.99. The van der Waals surface area contributed by atoms with E-state index >= 15 is 0 Å². The van der Waals surface area contributed by atoms with Crippen molar-refractivity contribution in [3.63, 3.8) is 0 Å². The van der Waals surface area contributed by atoms with Gasteiger partial charge in [0, 0.05) is 12.1 Å². The van der Waals surface area contributed by atoms with Crippen LogP contribution in [0.4, 0.5) is 0 Å². The molecular weight excluding hydrogens is 373 g/mol. The molecule has 0 aliphatic heterocycles. The predicted octanol–water partition coefficient (Wildman–Crippen LogP) is 2.37. The normalized spacial score (nSPS) is 16.2. The maximum atomic E-state index is 12.0. The van der Waals surface area contributed by atoms with Crippen molar-refractivity contribution < 1.29 is 19.8 Å². The van der Waals surface area contributed by atoms with Crippen LogP contribution in [0.3, 0.4) is 0 Å². The molecule has 1 aromatic carbocycles. The molecule has 108 valence electrons. The molecule has 1 aliphatic carbocycles. The Bertz CT molecular complexity index is 540. The van der Waals surface area contributed by atoms with Crippen LogP contribution in [0, 0.1) is 8.99 Å². The Hall–Kier alpha value is -1.31. The van der Waals surface area contributed by atoms with Gasteiger partial charge in [-0.2, -0.15) is 0 Å². The number of rotatable bonds is 5. The molecule has 0 heterocycles. The Kier molecular flexibility index (Phi) is 4.52. The summed E-state index contributed by atoms with van der Waals surface area (Å²) in [5.74, 6) is -1.04. The van der Waals surface area contributed by atoms with Crippen LogP contribution >= 0.6 is 22.6 Å². The number of hydrogen-bond acceptors (Lipinski definition) is 3. The second-order valence-electron chi connectivity index (χ2n) is 5.27. The van der Waals surface area contributed by atoms with Gasteiger partial charge in [0.2, 0.25) is 0 Å². The van der Waals surface area contributed by atoms with Gasteiger partial charge < -0.3 is 15.5 Å². The average Bonchev–Trinajstić information content (AvgIpc) is 2.35. The summed E-state index contributed by atoms with van der Waals surface area (Å²) in [5, 5.41) is 21.3. The number of carboxylic acid groups (broad SMARTS) is 1. The van der Waals surface area contributed by atoms with Gasteiger partial charge in [-0.25, -0.2) is 0 Å². The van der Waals surface area contributed by atoms with Gasteiger partial charge in [0.15, 0.2) is 0 Å². The van der Waals surface area contributed by atoms with Crippen molar-refractivity contribution in [2.75, 3.05) is 6.54 Å². The Morgan fingerprint density at radius 3 is 2.55 bits per heavy atom. The lowest BCUT2D eigenvalue weighted by molar-refractivity contribution is -0.141. The third-order valence-electron chi connectivity index (χ3n) is 3.77. The van der Waals surface area contributed by atoms with E-state index in [1.165, 1.54) is 6.07 Å². The summed E-state index contributed by atoms with van der Waals surface area (Å²) in [6.07, 6.45) is 2.76. The lowest BCUT2D eigenvalue weighted by Gasteiger charge is -2.40. The lowest BCUT2D eigenvalue weighted by Crippen LogP contribution is -2.43. The monoisotopic (exact) mass is 389 g/mol. The highest BCUT2D eigenvalue weighted by atomic mass is 127. The molecule has 1 fully saturated rings. The summed E-state index contributed by atoms with van der Waals surface area (Å²) >= 11 is 1.98. The van der Waals surface area contributed by atoms with E-state index in [9.17, 15) is 14.7 Å². The number of carbonyl (C=O) groups excluding carboxylic acids is 1. The van der Waals surface area contributed by atoms with E-state index in [1.807, 2.05) is 22.6 Å². The number of nitrogens with one attached hydrogen (secondary N) is 1. The molecule has 3 N–H and O–H groups in total. The highest BCUT2D eigenvalue weighted by Gasteiger charge is 2.39. The third kappa shape index (κ3) is 3.41. The molecule has 0 aromatic heterocycles. The quantitative estimate of drug-likeness (QED) is 0.675. The van der Waals surface area contributed by atoms with Gasteiger partial charge in [-0.1, -0.05) is 6.42 Å². The second-order valence-corrected chi connectivity index (χ2v) is 6.44. The summed E-state index contributed by atoms with van der Waals surface area (Å²) < 4.78 is 0.681. The lowest BCUT2D eigenvalue weighted by atomic mass is 9.66. The molecule has 5 nitrogen and oxygen atoms in total. The van der Waals surface area contributed by atoms with Gasteiger partial charge in [0.1, 0.15) is 5.75 Å². The number of benzene rings is 1. The van der Waals surface area contributed by atoms with E-state index in [1.54, 1.807) is 12.1 Å². The number of carbonyl (C=O) groups is 2. The number of phenols is 1. The number of aromatic hydroxyl groups is 1. The van der Waals surface area contributed by atoms with E-state index in [0.29, 0.717) is 15.7 Å². The highest BCUT2D eigenvalue weighted by Crippen LogP contribution is 2.43. The SMILES string of the molecule is O=C(O)CC1(CNC(=O)c2ccc(I)c(O)c2)CCC1. The Morgan fingerprint density at radius 1 is 1.35 bits per heavy atom. The zero-order chi connectivity index (χ0) is 14.8. The first-order valence-corrected chi connectivity index (χ1v) is 7.48. The van der Waals surface area contributed by atoms with Crippen molar-refractivity contribution in [3.8, 4) is 5.75 Å². The molecule has 1 aromatic rings. The summed E-state index contributed by atoms with van der Waals surface area (Å²) in [5.41, 5.74) is 0.0833. The molecule has 0 unspecified atom stereocenters. The Balaban J connectivity index is 1.97. The standard InChI is InChI=1S/C14H16INO4/c15-10-3-2-9(6-11(10)17)13(20)16-8-14(4-1-5-14)7-12(18)19/h2-3,6,17H,1,4-5,7-8H2,(H,16,20)(H,18,19). The van der Waals surface area contributed by atoms with E-state index in [-0.39, 0.29) is 23.5 Å². The third-order valence-corrected chi connectivity index (χ3v) is 4.68. The number of amides is 1. The van der Waals surface area contributed by atoms with Crippen molar-refractivity contribution in [1.29, 1.82) is 0 Å². The predicted molar refractivity (Wildman–Crippen MR) is 81.7 cm³/mol. The van der Waals surface area contributed by atoms with Crippen molar-refractivity contribution in [2.45, 2.75) is 25.7 Å². The number of hydrogen-bond donors (Lipinski definition) is 3. The summed E-state index contributed by atoms with van der Waals surface area (Å²) in [7, 11) is 0. The molecule has 1 aliphatic rings. The fourth-order valence-electron chi connectivity index (χ4n) is 2.44. The maximum absolute atomic E-state index is 12.0. The minimum Gasteiger partial charge on any atom is -0.507 e. The van der Waals surface area contributed by atoms with E-state index in [4.69, 9.17) is 5.11 Å². The number of aliphatic carboxylic acids is 1. The van der Waals surface area contributed by atoms with Gasteiger partial charge in [0.05, 0.1) is 9.99 Å². The average molecular weight is 389 g/mol. The van der Waals surface area contributed by atoms with E-state index in [0.717, 1.165) is 19.3 Å². The smallest absolute Gasteiger partial charge is 0.303 e. The molecule has 0 spiro atoms. The minimum atomic E-state index is -0.828. The van der Waals surface area contributed by atoms with Gasteiger partial charge in [0.25, 0.3) is 5.91 Å². The zero-order valence-electron chi connectivity index (χ0n) is 10.9. The Labute approximate surface area is 130 Å². The Morgan fingerprint density at radius 2 is 2.05 bits per heavy atom. The molecule has 0 bridgehead atoms. The molecular formula is C14H16INO4. The highest BCUT2D eigenvalue weighted by molar-refractivity contribution is 14.1. The minimum absolute atomic E-state index is 0.0714. The molecule has 0 atom stereocenters. The van der Waals surface area contributed by atoms with Gasteiger partial charge in [-0.3, -0.25) is 9.59 Å². The van der Waals surface area contributed by atoms with Gasteiger partial charge >= 0.3 is 5.97 Å². The van der Waals surface area contributed by atoms with Gasteiger partial charge in [-0.05, 0) is 59.0 Å². The van der Waals surface area contributed by atoms with E-state index < -0.39 is 5.97 Å². The molecule has 1 amide bonds. The van der Waals surface area contributed by atoms with Crippen molar-refractivity contribution in [2.24, 2.45) is 5.41 Å². The van der Waals surface area contributed by atoms with Crippen LogP contribution in [0.2, 0.25) is 0 Å². The van der Waals surface area contributed by atoms with Crippen molar-refractivity contribution >= 4 is 34.5 Å². The molecule has 20 heavy (non-hydrogen) atoms. The van der Waals surface area contributed by atoms with Crippen LogP contribution in [0.15, 0.2) is 18.2 Å². The van der Waals surface area contributed by atoms with Crippen LogP contribution < -0.4 is 5.32 Å². The largest absolute Gasteiger partial charge is 0.507 e. The molecule has 6 heteroatoms. The zero-order valence-corrected chi connectivity index (χ0v) is 13.0. The van der Waals surface area contributed by atoms with Crippen molar-refractivity contribution in [3.05, 3.63) is 27.3 Å². The maximum Gasteiger partial charge on any atom is 0.303 e. The number of carboxylic acids is 1. The first-order chi connectivity index (χ1) is 9.42. The topological polar surface area (TPSA) is 86.6 Å². The van der Waals surface area contributed by atoms with Crippen LogP contribution in [0.1, 0.15) is 36.0 Å². The molecule has 1 saturated carbocycles. The summed E-state index contributed by atoms with van der Waals surface area (Å²) in [6, 6.07) is 4.73. The number of halogens is 1. The number of phenolic OH excluding ortho intramolecular Hbond substituents is 1. The first kappa shape index (κ1) is 15.1. The van der Waals surface area contributed by atoms with Crippen molar-refractivity contribution in [1.82, 2.24) is 5.32 Å². The fourth-order valence-corrected chi connectivity index (χ4v) is 2.77. The first-order valence-electron chi connectivity index (χ1n) is 6.40. The fraction of sp³-hybridized carbons (Fsp3) is 0.429. The van der Waals surface area contributed by atoms with Crippen LogP contribution in [-0.4, -0.2) is 28.6 Å². The molecule has 0 radical (unpaired) electrons. The van der Waals surface area contributed by atoms with Crippen LogP contribution in [0.5, 0.6) is 5.75 Å². The van der Waals surface area contributed by atoms with Crippen LogP contribution in [0.25, 0.3) is 0 Å². The molecule has 2 rings (SSSR count). The van der Waals surface area contributed by atoms with Gasteiger partial charge in [-0.15, -0.1) is 0 Å².